The molecule has 0 amide bonds. The summed E-state index contributed by atoms with van der Waals surface area (Å²) in [6, 6.07) is 0. The van der Waals surface area contributed by atoms with E-state index in [1.165, 1.54) is 0 Å². The van der Waals surface area contributed by atoms with E-state index in [0.717, 1.165) is 12.0 Å². The molecule has 0 N–H and O–H groups in total. The molecule has 0 spiro atoms. The summed E-state index contributed by atoms with van der Waals surface area (Å²) in [6.45, 7) is 0.526. The van der Waals surface area contributed by atoms with Crippen LogP contribution in [0.15, 0.2) is 35.6 Å². The number of carbonyl (C=O) groups excluding carboxylic acids is 1. The molecule has 11 heavy (non-hydrogen) atoms. The summed E-state index contributed by atoms with van der Waals surface area (Å²) in [5.74, 6) is 0.533. The number of ether oxygens (including phenoxy) is 1. The normalized spacial score (nSPS) is 21.6. The van der Waals surface area contributed by atoms with Crippen molar-refractivity contribution in [2.24, 2.45) is 0 Å². The molecular formula is C9H8O2. The Balaban J connectivity index is 2.39. The molecule has 0 bridgehead atoms. The van der Waals surface area contributed by atoms with Crippen molar-refractivity contribution < 1.29 is 9.53 Å². The second-order valence-electron chi connectivity index (χ2n) is 2.54. The van der Waals surface area contributed by atoms with E-state index in [1.54, 1.807) is 6.08 Å². The van der Waals surface area contributed by atoms with Gasteiger partial charge >= 0.3 is 0 Å². The van der Waals surface area contributed by atoms with E-state index in [2.05, 4.69) is 0 Å². The summed E-state index contributed by atoms with van der Waals surface area (Å²) >= 11 is 0. The molecule has 2 heteroatoms. The standard InChI is InChI=1S/C9H8O2/c10-8-5-1-3-7-4-2-6-11-9(7)8/h1-2,4-5H,3,6H2. The van der Waals surface area contributed by atoms with Gasteiger partial charge in [0.15, 0.2) is 5.76 Å². The average Bonchev–Trinajstić information content (AvgIpc) is 2.06. The molecule has 56 valence electrons. The maximum Gasteiger partial charge on any atom is 0.220 e. The zero-order valence-electron chi connectivity index (χ0n) is 6.04. The van der Waals surface area contributed by atoms with Gasteiger partial charge in [-0.2, -0.15) is 0 Å². The summed E-state index contributed by atoms with van der Waals surface area (Å²) in [7, 11) is 0. The molecule has 0 aromatic heterocycles. The van der Waals surface area contributed by atoms with Crippen molar-refractivity contribution in [3.05, 3.63) is 35.6 Å². The molecule has 1 aliphatic heterocycles. The Morgan fingerprint density at radius 1 is 1.27 bits per heavy atom. The van der Waals surface area contributed by atoms with Gasteiger partial charge in [-0.15, -0.1) is 0 Å². The van der Waals surface area contributed by atoms with Gasteiger partial charge in [-0.3, -0.25) is 4.79 Å². The molecule has 2 nitrogen and oxygen atoms in total. The monoisotopic (exact) mass is 148 g/mol. The van der Waals surface area contributed by atoms with Gasteiger partial charge in [-0.05, 0) is 18.6 Å². The largest absolute Gasteiger partial charge is 0.485 e. The van der Waals surface area contributed by atoms with Crippen molar-refractivity contribution in [1.29, 1.82) is 0 Å². The van der Waals surface area contributed by atoms with E-state index >= 15 is 0 Å². The van der Waals surface area contributed by atoms with Crippen LogP contribution in [0.5, 0.6) is 0 Å². The molecule has 1 heterocycles. The summed E-state index contributed by atoms with van der Waals surface area (Å²) in [5, 5.41) is 0. The van der Waals surface area contributed by atoms with E-state index in [4.69, 9.17) is 4.74 Å². The van der Waals surface area contributed by atoms with Crippen molar-refractivity contribution >= 4 is 5.78 Å². The van der Waals surface area contributed by atoms with E-state index in [-0.39, 0.29) is 5.78 Å². The van der Waals surface area contributed by atoms with Crippen molar-refractivity contribution in [2.45, 2.75) is 6.42 Å². The molecule has 0 aromatic rings. The smallest absolute Gasteiger partial charge is 0.220 e. The fourth-order valence-corrected chi connectivity index (χ4v) is 1.25. The van der Waals surface area contributed by atoms with Crippen LogP contribution in [0.3, 0.4) is 0 Å². The molecular weight excluding hydrogens is 140 g/mol. The predicted octanol–water partition coefficient (Wildman–Crippen LogP) is 1.36. The van der Waals surface area contributed by atoms with Gasteiger partial charge in [-0.25, -0.2) is 0 Å². The van der Waals surface area contributed by atoms with Crippen LogP contribution in [-0.2, 0) is 9.53 Å². The number of allylic oxidation sites excluding steroid dienone is 4. The highest BCUT2D eigenvalue weighted by molar-refractivity contribution is 6.04. The van der Waals surface area contributed by atoms with Crippen molar-refractivity contribution in [2.75, 3.05) is 6.61 Å². The van der Waals surface area contributed by atoms with E-state index in [1.807, 2.05) is 18.2 Å². The summed E-state index contributed by atoms with van der Waals surface area (Å²) in [4.78, 5) is 11.1. The van der Waals surface area contributed by atoms with Gasteiger partial charge < -0.3 is 4.74 Å². The summed E-state index contributed by atoms with van der Waals surface area (Å²) in [6.07, 6.45) is 8.13. The van der Waals surface area contributed by atoms with Gasteiger partial charge in [0.05, 0.1) is 0 Å². The Kier molecular flexibility index (Phi) is 1.39. The summed E-state index contributed by atoms with van der Waals surface area (Å²) < 4.78 is 5.19. The number of rotatable bonds is 0. The highest BCUT2D eigenvalue weighted by Gasteiger charge is 2.17. The van der Waals surface area contributed by atoms with Crippen LogP contribution in [0, 0.1) is 0 Å². The van der Waals surface area contributed by atoms with Crippen LogP contribution in [0.1, 0.15) is 6.42 Å². The molecule has 2 aliphatic rings. The maximum atomic E-state index is 11.1. The van der Waals surface area contributed by atoms with Crippen molar-refractivity contribution in [3.63, 3.8) is 0 Å². The lowest BCUT2D eigenvalue weighted by atomic mass is 10.0. The topological polar surface area (TPSA) is 26.3 Å². The zero-order chi connectivity index (χ0) is 7.68. The summed E-state index contributed by atoms with van der Waals surface area (Å²) in [5.41, 5.74) is 1.00. The third kappa shape index (κ3) is 1.00. The Labute approximate surface area is 64.9 Å². The first kappa shape index (κ1) is 6.40. The first-order valence-electron chi connectivity index (χ1n) is 3.61. The lowest BCUT2D eigenvalue weighted by Gasteiger charge is -2.16. The van der Waals surface area contributed by atoms with Crippen LogP contribution >= 0.6 is 0 Å². The van der Waals surface area contributed by atoms with Crippen LogP contribution in [0.4, 0.5) is 0 Å². The molecule has 2 rings (SSSR count). The van der Waals surface area contributed by atoms with Crippen LogP contribution < -0.4 is 0 Å². The Bertz CT molecular complexity index is 282. The molecule has 0 atom stereocenters. The highest BCUT2D eigenvalue weighted by Crippen LogP contribution is 2.21. The lowest BCUT2D eigenvalue weighted by Crippen LogP contribution is -2.12. The fraction of sp³-hybridized carbons (Fsp3) is 0.222. The molecule has 0 saturated heterocycles. The number of carbonyl (C=O) groups is 1. The van der Waals surface area contributed by atoms with Crippen molar-refractivity contribution in [3.8, 4) is 0 Å². The number of ketones is 1. The minimum Gasteiger partial charge on any atom is -0.485 e. The van der Waals surface area contributed by atoms with Gasteiger partial charge in [0, 0.05) is 5.57 Å². The van der Waals surface area contributed by atoms with E-state index in [0.29, 0.717) is 12.4 Å². The van der Waals surface area contributed by atoms with Crippen LogP contribution in [0.2, 0.25) is 0 Å². The van der Waals surface area contributed by atoms with Crippen LogP contribution in [0.25, 0.3) is 0 Å². The number of hydrogen-bond acceptors (Lipinski definition) is 2. The highest BCUT2D eigenvalue weighted by atomic mass is 16.5. The van der Waals surface area contributed by atoms with Gasteiger partial charge in [0.25, 0.3) is 0 Å². The first-order chi connectivity index (χ1) is 5.38. The second-order valence-corrected chi connectivity index (χ2v) is 2.54. The Morgan fingerprint density at radius 2 is 2.18 bits per heavy atom. The molecule has 0 radical (unpaired) electrons. The fourth-order valence-electron chi connectivity index (χ4n) is 1.25. The predicted molar refractivity (Wildman–Crippen MR) is 40.9 cm³/mol. The van der Waals surface area contributed by atoms with E-state index in [9.17, 15) is 4.79 Å². The quantitative estimate of drug-likeness (QED) is 0.518. The van der Waals surface area contributed by atoms with Crippen LogP contribution in [-0.4, -0.2) is 12.4 Å². The molecule has 0 saturated carbocycles. The van der Waals surface area contributed by atoms with Crippen molar-refractivity contribution in [1.82, 2.24) is 0 Å². The SMILES string of the molecule is O=C1C=CCC2=C1OCC=C2. The van der Waals surface area contributed by atoms with E-state index < -0.39 is 0 Å². The maximum absolute atomic E-state index is 11.1. The minimum absolute atomic E-state index is 0.00407. The minimum atomic E-state index is -0.00407. The first-order valence-corrected chi connectivity index (χ1v) is 3.61. The lowest BCUT2D eigenvalue weighted by molar-refractivity contribution is -0.114. The Morgan fingerprint density at radius 3 is 3.00 bits per heavy atom. The molecule has 0 aromatic carbocycles. The van der Waals surface area contributed by atoms with Gasteiger partial charge in [-0.1, -0.05) is 12.2 Å². The molecule has 1 aliphatic carbocycles. The molecule has 0 unspecified atom stereocenters. The molecule has 0 fully saturated rings. The average molecular weight is 148 g/mol. The van der Waals surface area contributed by atoms with Gasteiger partial charge in [0.2, 0.25) is 5.78 Å². The second kappa shape index (κ2) is 2.38. The Hall–Kier alpha value is -1.31. The zero-order valence-corrected chi connectivity index (χ0v) is 6.04. The third-order valence-electron chi connectivity index (χ3n) is 1.77. The number of hydrogen-bond donors (Lipinski definition) is 0. The third-order valence-corrected chi connectivity index (χ3v) is 1.77. The van der Waals surface area contributed by atoms with Gasteiger partial charge in [0.1, 0.15) is 6.61 Å².